The van der Waals surface area contributed by atoms with Crippen molar-refractivity contribution in [3.8, 4) is 0 Å². The molecular weight excluding hydrogens is 355 g/mol. The summed E-state index contributed by atoms with van der Waals surface area (Å²) in [5, 5.41) is 4.47. The van der Waals surface area contributed by atoms with Crippen molar-refractivity contribution in [2.75, 3.05) is 4.72 Å². The highest BCUT2D eigenvalue weighted by Gasteiger charge is 2.16. The standard InChI is InChI=1S/C15H12ClFN4O2S/c16-12-4-6-14(7-5-12)24(22,23)20-15-18-10-21(19-15)9-11-2-1-3-13(17)8-11/h1-8,10H,9H2,(H,19,20). The second-order valence-electron chi connectivity index (χ2n) is 4.96. The number of sulfonamides is 1. The molecule has 0 radical (unpaired) electrons. The van der Waals surface area contributed by atoms with Crippen LogP contribution in [0.15, 0.2) is 59.8 Å². The predicted molar refractivity (Wildman–Crippen MR) is 87.8 cm³/mol. The van der Waals surface area contributed by atoms with Gasteiger partial charge in [0.25, 0.3) is 16.0 Å². The van der Waals surface area contributed by atoms with Gasteiger partial charge in [-0.05, 0) is 42.0 Å². The number of aromatic nitrogens is 3. The van der Waals surface area contributed by atoms with Crippen LogP contribution in [-0.4, -0.2) is 23.2 Å². The van der Waals surface area contributed by atoms with Crippen LogP contribution >= 0.6 is 11.6 Å². The molecule has 0 aliphatic carbocycles. The summed E-state index contributed by atoms with van der Waals surface area (Å²) in [5.41, 5.74) is 0.687. The average molecular weight is 367 g/mol. The predicted octanol–water partition coefficient (Wildman–Crippen LogP) is 2.92. The molecule has 0 unspecified atom stereocenters. The van der Waals surface area contributed by atoms with Crippen molar-refractivity contribution in [3.63, 3.8) is 0 Å². The van der Waals surface area contributed by atoms with Gasteiger partial charge < -0.3 is 0 Å². The molecule has 0 atom stereocenters. The molecule has 0 amide bonds. The van der Waals surface area contributed by atoms with Gasteiger partial charge in [0.05, 0.1) is 11.4 Å². The van der Waals surface area contributed by atoms with Crippen molar-refractivity contribution in [2.24, 2.45) is 0 Å². The lowest BCUT2D eigenvalue weighted by atomic mass is 10.2. The molecule has 24 heavy (non-hydrogen) atoms. The Kier molecular flexibility index (Phi) is 4.50. The van der Waals surface area contributed by atoms with E-state index in [-0.39, 0.29) is 23.2 Å². The fourth-order valence-electron chi connectivity index (χ4n) is 2.03. The molecule has 1 heterocycles. The van der Waals surface area contributed by atoms with Crippen LogP contribution in [0.25, 0.3) is 0 Å². The van der Waals surface area contributed by atoms with E-state index in [9.17, 15) is 12.8 Å². The second-order valence-corrected chi connectivity index (χ2v) is 7.07. The Hall–Kier alpha value is -2.45. The summed E-state index contributed by atoms with van der Waals surface area (Å²) in [6.07, 6.45) is 1.37. The van der Waals surface area contributed by atoms with Gasteiger partial charge in [0.1, 0.15) is 12.1 Å². The quantitative estimate of drug-likeness (QED) is 0.753. The highest BCUT2D eigenvalue weighted by Crippen LogP contribution is 2.16. The van der Waals surface area contributed by atoms with E-state index < -0.39 is 10.0 Å². The zero-order valence-electron chi connectivity index (χ0n) is 12.2. The second kappa shape index (κ2) is 6.58. The van der Waals surface area contributed by atoms with Gasteiger partial charge in [0.15, 0.2) is 0 Å². The van der Waals surface area contributed by atoms with Crippen molar-refractivity contribution < 1.29 is 12.8 Å². The van der Waals surface area contributed by atoms with Gasteiger partial charge in [-0.25, -0.2) is 22.2 Å². The van der Waals surface area contributed by atoms with Crippen LogP contribution in [0.3, 0.4) is 0 Å². The van der Waals surface area contributed by atoms with Gasteiger partial charge in [-0.2, -0.15) is 4.98 Å². The molecule has 1 aromatic heterocycles. The van der Waals surface area contributed by atoms with E-state index in [1.165, 1.54) is 47.4 Å². The van der Waals surface area contributed by atoms with Gasteiger partial charge in [-0.1, -0.05) is 23.7 Å². The largest absolute Gasteiger partial charge is 0.264 e. The van der Waals surface area contributed by atoms with Crippen molar-refractivity contribution in [1.29, 1.82) is 0 Å². The highest BCUT2D eigenvalue weighted by atomic mass is 35.5. The Morgan fingerprint density at radius 3 is 2.62 bits per heavy atom. The summed E-state index contributed by atoms with van der Waals surface area (Å²) in [5.74, 6) is -0.419. The van der Waals surface area contributed by atoms with Crippen LogP contribution in [0.2, 0.25) is 5.02 Å². The molecule has 2 aromatic carbocycles. The van der Waals surface area contributed by atoms with E-state index in [0.29, 0.717) is 10.6 Å². The van der Waals surface area contributed by atoms with Crippen molar-refractivity contribution in [3.05, 3.63) is 71.3 Å². The van der Waals surface area contributed by atoms with Crippen LogP contribution in [0.1, 0.15) is 5.56 Å². The van der Waals surface area contributed by atoms with E-state index in [1.807, 2.05) is 0 Å². The Balaban J connectivity index is 1.75. The van der Waals surface area contributed by atoms with Crippen LogP contribution in [-0.2, 0) is 16.6 Å². The van der Waals surface area contributed by atoms with Gasteiger partial charge in [-0.3, -0.25) is 0 Å². The minimum absolute atomic E-state index is 0.0494. The fourth-order valence-corrected chi connectivity index (χ4v) is 3.10. The zero-order chi connectivity index (χ0) is 17.2. The number of hydrogen-bond acceptors (Lipinski definition) is 4. The average Bonchev–Trinajstić information content (AvgIpc) is 2.94. The zero-order valence-corrected chi connectivity index (χ0v) is 13.8. The first kappa shape index (κ1) is 16.4. The highest BCUT2D eigenvalue weighted by molar-refractivity contribution is 7.92. The molecular formula is C15H12ClFN4O2S. The molecule has 3 aromatic rings. The van der Waals surface area contributed by atoms with E-state index in [4.69, 9.17) is 11.6 Å². The summed E-state index contributed by atoms with van der Waals surface area (Å²) in [4.78, 5) is 3.95. The minimum atomic E-state index is -3.80. The Morgan fingerprint density at radius 2 is 1.92 bits per heavy atom. The van der Waals surface area contributed by atoms with Gasteiger partial charge >= 0.3 is 0 Å². The lowest BCUT2D eigenvalue weighted by Gasteiger charge is -2.04. The first-order valence-electron chi connectivity index (χ1n) is 6.85. The molecule has 0 fully saturated rings. The van der Waals surface area contributed by atoms with Crippen LogP contribution in [0, 0.1) is 5.82 Å². The van der Waals surface area contributed by atoms with Crippen LogP contribution < -0.4 is 4.72 Å². The number of nitrogens with one attached hydrogen (secondary N) is 1. The van der Waals surface area contributed by atoms with Crippen LogP contribution in [0.5, 0.6) is 0 Å². The first-order chi connectivity index (χ1) is 11.4. The van der Waals surface area contributed by atoms with E-state index in [0.717, 1.165) is 0 Å². The minimum Gasteiger partial charge on any atom is -0.246 e. The lowest BCUT2D eigenvalue weighted by Crippen LogP contribution is -2.14. The van der Waals surface area contributed by atoms with Crippen molar-refractivity contribution in [2.45, 2.75) is 11.4 Å². The molecule has 0 spiro atoms. The maximum absolute atomic E-state index is 13.2. The van der Waals surface area contributed by atoms with E-state index in [1.54, 1.807) is 12.1 Å². The Bertz CT molecular complexity index is 958. The summed E-state index contributed by atoms with van der Waals surface area (Å²) in [7, 11) is -3.80. The smallest absolute Gasteiger partial charge is 0.246 e. The molecule has 0 bridgehead atoms. The molecule has 0 saturated carbocycles. The Labute approximate surface area is 143 Å². The summed E-state index contributed by atoms with van der Waals surface area (Å²) >= 11 is 5.74. The van der Waals surface area contributed by atoms with Gasteiger partial charge in [0.2, 0.25) is 0 Å². The van der Waals surface area contributed by atoms with Gasteiger partial charge in [0, 0.05) is 5.02 Å². The number of rotatable bonds is 5. The van der Waals surface area contributed by atoms with Crippen LogP contribution in [0.4, 0.5) is 10.3 Å². The van der Waals surface area contributed by atoms with E-state index >= 15 is 0 Å². The van der Waals surface area contributed by atoms with Crippen molar-refractivity contribution in [1.82, 2.24) is 14.8 Å². The summed E-state index contributed by atoms with van der Waals surface area (Å²) < 4.78 is 41.3. The molecule has 0 saturated heterocycles. The number of benzene rings is 2. The number of hydrogen-bond donors (Lipinski definition) is 1. The third-order valence-electron chi connectivity index (χ3n) is 3.12. The van der Waals surface area contributed by atoms with Gasteiger partial charge in [-0.15, -0.1) is 5.10 Å². The lowest BCUT2D eigenvalue weighted by molar-refractivity contribution is 0.600. The molecule has 124 valence electrons. The molecule has 6 nitrogen and oxygen atoms in total. The third-order valence-corrected chi connectivity index (χ3v) is 4.72. The molecule has 9 heteroatoms. The maximum atomic E-state index is 13.2. The normalized spacial score (nSPS) is 11.4. The number of nitrogens with zero attached hydrogens (tertiary/aromatic N) is 3. The number of halogens is 2. The van der Waals surface area contributed by atoms with Crippen molar-refractivity contribution >= 4 is 27.6 Å². The molecule has 1 N–H and O–H groups in total. The van der Waals surface area contributed by atoms with E-state index in [2.05, 4.69) is 14.8 Å². The summed E-state index contributed by atoms with van der Waals surface area (Å²) in [6.45, 7) is 0.271. The monoisotopic (exact) mass is 366 g/mol. The first-order valence-corrected chi connectivity index (χ1v) is 8.71. The fraction of sp³-hybridized carbons (Fsp3) is 0.0667. The molecule has 0 aliphatic rings. The molecule has 0 aliphatic heterocycles. The topological polar surface area (TPSA) is 76.9 Å². The molecule has 3 rings (SSSR count). The Morgan fingerprint density at radius 1 is 1.17 bits per heavy atom. The third kappa shape index (κ3) is 3.90. The number of anilines is 1. The SMILES string of the molecule is O=S(=O)(Nc1ncn(Cc2cccc(F)c2)n1)c1ccc(Cl)cc1. The summed E-state index contributed by atoms with van der Waals surface area (Å²) in [6, 6.07) is 11.8. The maximum Gasteiger partial charge on any atom is 0.264 e.